The fraction of sp³-hybridized carbons (Fsp3) is 0.259. The Hall–Kier alpha value is -3.58. The van der Waals surface area contributed by atoms with E-state index in [9.17, 15) is 4.79 Å². The average molecular weight is 474 g/mol. The molecule has 6 nitrogen and oxygen atoms in total. The third-order valence-corrected chi connectivity index (χ3v) is 6.93. The van der Waals surface area contributed by atoms with Gasteiger partial charge in [0.15, 0.2) is 17.6 Å². The van der Waals surface area contributed by atoms with Gasteiger partial charge in [-0.3, -0.25) is 4.79 Å². The highest BCUT2D eigenvalue weighted by Gasteiger charge is 2.23. The normalized spacial score (nSPS) is 14.7. The molecule has 1 amide bonds. The van der Waals surface area contributed by atoms with Crippen molar-refractivity contribution in [2.24, 2.45) is 0 Å². The summed E-state index contributed by atoms with van der Waals surface area (Å²) in [5.41, 5.74) is 6.12. The van der Waals surface area contributed by atoms with Gasteiger partial charge in [0.1, 0.15) is 11.6 Å². The van der Waals surface area contributed by atoms with E-state index in [1.807, 2.05) is 60.8 Å². The Labute approximate surface area is 203 Å². The van der Waals surface area contributed by atoms with Gasteiger partial charge >= 0.3 is 0 Å². The van der Waals surface area contributed by atoms with Crippen molar-refractivity contribution < 1.29 is 14.3 Å². The van der Waals surface area contributed by atoms with Crippen molar-refractivity contribution >= 4 is 22.9 Å². The van der Waals surface area contributed by atoms with Crippen LogP contribution in [0, 0.1) is 20.8 Å². The summed E-state index contributed by atoms with van der Waals surface area (Å²) in [6, 6.07) is 17.7. The molecule has 0 saturated heterocycles. The van der Waals surface area contributed by atoms with Crippen LogP contribution in [0.5, 0.6) is 11.5 Å². The van der Waals surface area contributed by atoms with Crippen molar-refractivity contribution in [3.8, 4) is 22.8 Å². The maximum Gasteiger partial charge on any atom is 0.231 e. The number of rotatable bonds is 6. The van der Waals surface area contributed by atoms with E-state index in [4.69, 9.17) is 14.5 Å². The highest BCUT2D eigenvalue weighted by molar-refractivity contribution is 7.10. The number of anilines is 1. The monoisotopic (exact) mass is 473 g/mol. The van der Waals surface area contributed by atoms with Crippen LogP contribution in [0.25, 0.3) is 11.3 Å². The van der Waals surface area contributed by atoms with Gasteiger partial charge < -0.3 is 19.4 Å². The number of para-hydroxylation sites is 3. The topological polar surface area (TPSA) is 65.4 Å². The molecular weight excluding hydrogens is 446 g/mol. The highest BCUT2D eigenvalue weighted by atomic mass is 32.1. The van der Waals surface area contributed by atoms with E-state index in [0.29, 0.717) is 13.2 Å². The first-order valence-corrected chi connectivity index (χ1v) is 12.2. The van der Waals surface area contributed by atoms with Crippen LogP contribution < -0.4 is 14.8 Å². The van der Waals surface area contributed by atoms with Crippen molar-refractivity contribution in [3.63, 3.8) is 0 Å². The van der Waals surface area contributed by atoms with Crippen LogP contribution in [0.2, 0.25) is 0 Å². The predicted octanol–water partition coefficient (Wildman–Crippen LogP) is 5.56. The van der Waals surface area contributed by atoms with Crippen molar-refractivity contribution in [2.45, 2.75) is 39.8 Å². The first-order valence-electron chi connectivity index (χ1n) is 11.3. The third-order valence-electron chi connectivity index (χ3n) is 6.09. The Balaban J connectivity index is 1.28. The number of thiazole rings is 1. The van der Waals surface area contributed by atoms with E-state index in [2.05, 4.69) is 29.8 Å². The Kier molecular flexibility index (Phi) is 6.11. The van der Waals surface area contributed by atoms with Gasteiger partial charge in [-0.2, -0.15) is 0 Å². The van der Waals surface area contributed by atoms with Gasteiger partial charge in [-0.05, 0) is 50.6 Å². The molecule has 0 saturated carbocycles. The lowest BCUT2D eigenvalue weighted by atomic mass is 10.2. The van der Waals surface area contributed by atoms with Gasteiger partial charge in [-0.1, -0.05) is 30.3 Å². The second kappa shape index (κ2) is 9.35. The second-order valence-electron chi connectivity index (χ2n) is 8.56. The van der Waals surface area contributed by atoms with Gasteiger partial charge in [0, 0.05) is 28.0 Å². The zero-order chi connectivity index (χ0) is 23.7. The minimum atomic E-state index is -0.0660. The van der Waals surface area contributed by atoms with Crippen LogP contribution in [0.1, 0.15) is 22.0 Å². The minimum absolute atomic E-state index is 0.0598. The number of nitrogens with one attached hydrogen (secondary N) is 1. The average Bonchev–Trinajstić information content (AvgIpc) is 3.40. The number of hydrogen-bond acceptors (Lipinski definition) is 5. The van der Waals surface area contributed by atoms with Gasteiger partial charge in [0.2, 0.25) is 5.91 Å². The summed E-state index contributed by atoms with van der Waals surface area (Å²) in [6.07, 6.45) is 0.188. The molecule has 34 heavy (non-hydrogen) atoms. The molecule has 0 spiro atoms. The molecule has 2 aromatic heterocycles. The number of amides is 1. The zero-order valence-electron chi connectivity index (χ0n) is 19.5. The van der Waals surface area contributed by atoms with Crippen LogP contribution in [0.4, 0.5) is 5.69 Å². The summed E-state index contributed by atoms with van der Waals surface area (Å²) in [5, 5.41) is 5.81. The summed E-state index contributed by atoms with van der Waals surface area (Å²) in [4.78, 5) is 17.3. The number of nitrogens with zero attached hydrogens (tertiary/aromatic N) is 2. The lowest BCUT2D eigenvalue weighted by Gasteiger charge is -2.27. The molecule has 0 aliphatic carbocycles. The van der Waals surface area contributed by atoms with E-state index in [1.54, 1.807) is 0 Å². The summed E-state index contributed by atoms with van der Waals surface area (Å²) in [5.74, 6) is 1.52. The van der Waals surface area contributed by atoms with E-state index in [1.165, 1.54) is 11.3 Å². The maximum absolute atomic E-state index is 12.5. The van der Waals surface area contributed by atoms with Gasteiger partial charge in [-0.15, -0.1) is 11.3 Å². The molecule has 2 aromatic carbocycles. The van der Waals surface area contributed by atoms with Gasteiger partial charge in [0.05, 0.1) is 18.7 Å². The fourth-order valence-corrected chi connectivity index (χ4v) is 5.05. The van der Waals surface area contributed by atoms with Gasteiger partial charge in [-0.25, -0.2) is 4.98 Å². The van der Waals surface area contributed by atoms with Crippen LogP contribution in [-0.4, -0.2) is 28.2 Å². The summed E-state index contributed by atoms with van der Waals surface area (Å²) < 4.78 is 14.3. The van der Waals surface area contributed by atoms with Crippen LogP contribution in [-0.2, 0) is 17.8 Å². The molecule has 0 bridgehead atoms. The lowest BCUT2D eigenvalue weighted by Crippen LogP contribution is -2.33. The SMILES string of the molecule is Cc1ccccc1NC(=O)Cc1nc(-c2cc(C)n(C[C@@H]3COc4ccccc4O3)c2C)cs1. The molecule has 1 aliphatic rings. The van der Waals surface area contributed by atoms with Crippen LogP contribution in [0.3, 0.4) is 0 Å². The van der Waals surface area contributed by atoms with E-state index in [-0.39, 0.29) is 18.4 Å². The van der Waals surface area contributed by atoms with E-state index >= 15 is 0 Å². The molecule has 1 atom stereocenters. The molecule has 0 radical (unpaired) electrons. The fourth-order valence-electron chi connectivity index (χ4n) is 4.26. The number of aryl methyl sites for hydroxylation is 2. The number of benzene rings is 2. The molecule has 174 valence electrons. The molecule has 7 heteroatoms. The third kappa shape index (κ3) is 4.56. The first-order chi connectivity index (χ1) is 16.5. The quantitative estimate of drug-likeness (QED) is 0.398. The summed E-state index contributed by atoms with van der Waals surface area (Å²) >= 11 is 1.51. The molecule has 1 N–H and O–H groups in total. The smallest absolute Gasteiger partial charge is 0.231 e. The molecule has 0 fully saturated rings. The molecule has 5 rings (SSSR count). The van der Waals surface area contributed by atoms with Crippen molar-refractivity contribution in [1.82, 2.24) is 9.55 Å². The van der Waals surface area contributed by atoms with Crippen LogP contribution in [0.15, 0.2) is 60.0 Å². The Bertz CT molecular complexity index is 1340. The standard InChI is InChI=1S/C27H27N3O3S/c1-17-8-4-5-9-22(17)28-26(31)13-27-29-23(16-34-27)21-12-18(2)30(19(21)3)14-20-15-32-24-10-6-7-11-25(24)33-20/h4-12,16,20H,13-15H2,1-3H3,(H,28,31)/t20-/m1/s1. The first kappa shape index (κ1) is 22.2. The molecular formula is C27H27N3O3S. The van der Waals surface area contributed by atoms with E-state index < -0.39 is 0 Å². The number of fused-ring (bicyclic) bond motifs is 1. The largest absolute Gasteiger partial charge is 0.486 e. The van der Waals surface area contributed by atoms with Gasteiger partial charge in [0.25, 0.3) is 0 Å². The van der Waals surface area contributed by atoms with E-state index in [0.717, 1.165) is 50.4 Å². The minimum Gasteiger partial charge on any atom is -0.486 e. The summed E-state index contributed by atoms with van der Waals surface area (Å²) in [7, 11) is 0. The maximum atomic E-state index is 12.5. The van der Waals surface area contributed by atoms with Crippen molar-refractivity contribution in [3.05, 3.63) is 81.9 Å². The van der Waals surface area contributed by atoms with Crippen LogP contribution >= 0.6 is 11.3 Å². The molecule has 3 heterocycles. The predicted molar refractivity (Wildman–Crippen MR) is 135 cm³/mol. The number of hydrogen-bond donors (Lipinski definition) is 1. The Morgan fingerprint density at radius 3 is 2.71 bits per heavy atom. The molecule has 4 aromatic rings. The highest BCUT2D eigenvalue weighted by Crippen LogP contribution is 2.33. The molecule has 0 unspecified atom stereocenters. The number of carbonyl (C=O) groups excluding carboxylic acids is 1. The number of aromatic nitrogens is 2. The Morgan fingerprint density at radius 2 is 1.88 bits per heavy atom. The Morgan fingerprint density at radius 1 is 1.12 bits per heavy atom. The summed E-state index contributed by atoms with van der Waals surface area (Å²) in [6.45, 7) is 7.39. The number of ether oxygens (including phenoxy) is 2. The molecule has 1 aliphatic heterocycles. The number of carbonyl (C=O) groups is 1. The zero-order valence-corrected chi connectivity index (χ0v) is 20.3. The van der Waals surface area contributed by atoms with Crippen molar-refractivity contribution in [2.75, 3.05) is 11.9 Å². The lowest BCUT2D eigenvalue weighted by molar-refractivity contribution is -0.115. The second-order valence-corrected chi connectivity index (χ2v) is 9.50. The van der Waals surface area contributed by atoms with Crippen molar-refractivity contribution in [1.29, 1.82) is 0 Å².